The number of benzene rings is 3. The molecule has 1 amide bonds. The smallest absolute Gasteiger partial charge is 0.497 e. The number of anilines is 2. The van der Waals surface area contributed by atoms with E-state index in [0.29, 0.717) is 51.3 Å². The Bertz CT molecular complexity index is 1740. The van der Waals surface area contributed by atoms with Gasteiger partial charge in [0.2, 0.25) is 0 Å². The number of esters is 1. The number of rotatable bonds is 13. The van der Waals surface area contributed by atoms with Crippen LogP contribution in [-0.2, 0) is 24.6 Å². The van der Waals surface area contributed by atoms with Gasteiger partial charge in [0.1, 0.15) is 29.9 Å². The molecule has 3 aromatic rings. The number of methoxy groups -OCH3 is 2. The summed E-state index contributed by atoms with van der Waals surface area (Å²) in [4.78, 5) is 33.4. The number of halogens is 4. The van der Waals surface area contributed by atoms with Gasteiger partial charge in [0.25, 0.3) is 5.91 Å². The first-order valence-corrected chi connectivity index (χ1v) is 16.6. The normalized spacial score (nSPS) is 15.8. The van der Waals surface area contributed by atoms with Crippen molar-refractivity contribution in [3.8, 4) is 17.2 Å². The molecule has 268 valence electrons. The number of carbonyl (C=O) groups excluding carboxylic acids is 2. The fraction of sp³-hybridized carbons (Fsp3) is 0.417. The Morgan fingerprint density at radius 2 is 1.78 bits per heavy atom. The molecule has 1 aliphatic carbocycles. The lowest BCUT2D eigenvalue weighted by Crippen LogP contribution is -2.40. The second kappa shape index (κ2) is 15.5. The van der Waals surface area contributed by atoms with Crippen molar-refractivity contribution in [2.75, 3.05) is 44.2 Å². The quantitative estimate of drug-likeness (QED) is 0.0822. The molecule has 1 heterocycles. The van der Waals surface area contributed by atoms with E-state index in [2.05, 4.69) is 15.2 Å². The van der Waals surface area contributed by atoms with Crippen LogP contribution >= 0.6 is 11.6 Å². The van der Waals surface area contributed by atoms with Crippen molar-refractivity contribution in [1.29, 1.82) is 0 Å². The molecule has 0 saturated heterocycles. The molecular weight excluding hydrogens is 679 g/mol. The highest BCUT2D eigenvalue weighted by molar-refractivity contribution is 6.30. The van der Waals surface area contributed by atoms with Crippen molar-refractivity contribution in [2.24, 2.45) is 5.16 Å². The van der Waals surface area contributed by atoms with Gasteiger partial charge in [0, 0.05) is 45.9 Å². The Morgan fingerprint density at radius 1 is 1.02 bits per heavy atom. The van der Waals surface area contributed by atoms with Crippen molar-refractivity contribution in [1.82, 2.24) is 0 Å². The summed E-state index contributed by atoms with van der Waals surface area (Å²) < 4.78 is 60.2. The molecule has 50 heavy (non-hydrogen) atoms. The van der Waals surface area contributed by atoms with E-state index in [9.17, 15) is 22.8 Å². The Kier molecular flexibility index (Phi) is 11.3. The summed E-state index contributed by atoms with van der Waals surface area (Å²) in [5.41, 5.74) is 2.79. The summed E-state index contributed by atoms with van der Waals surface area (Å²) in [6, 6.07) is 13.2. The summed E-state index contributed by atoms with van der Waals surface area (Å²) >= 11 is 6.30. The largest absolute Gasteiger partial charge is 0.573 e. The Labute approximate surface area is 293 Å². The van der Waals surface area contributed by atoms with Crippen LogP contribution < -0.4 is 24.4 Å². The minimum Gasteiger partial charge on any atom is -0.497 e. The van der Waals surface area contributed by atoms with Gasteiger partial charge in [-0.05, 0) is 62.6 Å². The first-order chi connectivity index (χ1) is 23.9. The van der Waals surface area contributed by atoms with Gasteiger partial charge < -0.3 is 34.0 Å². The average molecular weight is 718 g/mol. The molecule has 2 aliphatic rings. The maximum atomic E-state index is 14.9. The van der Waals surface area contributed by atoms with Gasteiger partial charge in [-0.3, -0.25) is 9.59 Å². The van der Waals surface area contributed by atoms with E-state index in [1.54, 1.807) is 61.2 Å². The van der Waals surface area contributed by atoms with Gasteiger partial charge in [-0.25, -0.2) is 0 Å². The molecule has 1 spiro atoms. The fourth-order valence-electron chi connectivity index (χ4n) is 6.61. The standard InChI is InChI=1S/C36H39ClF3N3O7/c1-5-48-32(44)12-15-49-42-22(2)23-16-25(19-27(17-23)46-3)41-33(28-10-8-24(37)18-31(28)47-4)34(45)43-21-35(13-6-7-14-35)29-11-9-26(20-30(29)43)50-36(38,39)40/h8-11,16-20,33,41H,5-7,12-15,21H2,1-4H3. The first kappa shape index (κ1) is 36.6. The number of ether oxygens (including phenoxy) is 4. The molecular formula is C36H39ClF3N3O7. The molecule has 1 N–H and O–H groups in total. The first-order valence-electron chi connectivity index (χ1n) is 16.2. The lowest BCUT2D eigenvalue weighted by Gasteiger charge is -2.29. The predicted octanol–water partition coefficient (Wildman–Crippen LogP) is 7.96. The molecule has 14 heteroatoms. The molecule has 0 aromatic heterocycles. The highest BCUT2D eigenvalue weighted by atomic mass is 35.5. The summed E-state index contributed by atoms with van der Waals surface area (Å²) in [7, 11) is 2.96. The number of nitrogens with one attached hydrogen (secondary N) is 1. The Balaban J connectivity index is 1.53. The van der Waals surface area contributed by atoms with E-state index in [4.69, 9.17) is 30.6 Å². The SMILES string of the molecule is CCOC(=O)CCON=C(C)c1cc(NC(C(=O)N2CC3(CCCC3)c3ccc(OC(F)(F)F)cc32)c2ccc(Cl)cc2OC)cc(OC)c1. The number of carbonyl (C=O) groups is 2. The third-order valence-electron chi connectivity index (χ3n) is 8.88. The molecule has 0 bridgehead atoms. The second-order valence-corrected chi connectivity index (χ2v) is 12.6. The van der Waals surface area contributed by atoms with Crippen LogP contribution in [0.25, 0.3) is 0 Å². The van der Waals surface area contributed by atoms with Crippen LogP contribution in [0.3, 0.4) is 0 Å². The maximum Gasteiger partial charge on any atom is 0.573 e. The van der Waals surface area contributed by atoms with E-state index in [0.717, 1.165) is 31.2 Å². The molecule has 1 atom stereocenters. The van der Waals surface area contributed by atoms with Gasteiger partial charge in [-0.2, -0.15) is 0 Å². The van der Waals surface area contributed by atoms with Crippen LogP contribution in [0, 0.1) is 0 Å². The number of oxime groups is 1. The van der Waals surface area contributed by atoms with Crippen molar-refractivity contribution in [2.45, 2.75) is 63.8 Å². The fourth-order valence-corrected chi connectivity index (χ4v) is 6.78. The van der Waals surface area contributed by atoms with Crippen LogP contribution in [-0.4, -0.2) is 57.9 Å². The lowest BCUT2D eigenvalue weighted by atomic mass is 9.81. The zero-order valence-electron chi connectivity index (χ0n) is 28.2. The molecule has 10 nitrogen and oxygen atoms in total. The van der Waals surface area contributed by atoms with Crippen LogP contribution in [0.5, 0.6) is 17.2 Å². The van der Waals surface area contributed by atoms with Gasteiger partial charge >= 0.3 is 12.3 Å². The molecule has 5 rings (SSSR count). The van der Waals surface area contributed by atoms with E-state index in [-0.39, 0.29) is 25.0 Å². The summed E-state index contributed by atoms with van der Waals surface area (Å²) in [5, 5.41) is 7.86. The van der Waals surface area contributed by atoms with Crippen molar-refractivity contribution < 1.29 is 46.5 Å². The minimum atomic E-state index is -4.90. The average Bonchev–Trinajstić information content (AvgIpc) is 3.68. The number of alkyl halides is 3. The lowest BCUT2D eigenvalue weighted by molar-refractivity contribution is -0.274. The number of hydrogen-bond acceptors (Lipinski definition) is 9. The van der Waals surface area contributed by atoms with E-state index in [1.807, 2.05) is 0 Å². The van der Waals surface area contributed by atoms with E-state index in [1.165, 1.54) is 26.4 Å². The summed E-state index contributed by atoms with van der Waals surface area (Å²) in [6.45, 7) is 4.02. The number of nitrogens with zero attached hydrogens (tertiary/aromatic N) is 2. The number of hydrogen-bond donors (Lipinski definition) is 1. The zero-order chi connectivity index (χ0) is 36.1. The summed E-state index contributed by atoms with van der Waals surface area (Å²) in [6.07, 6.45) is -1.39. The minimum absolute atomic E-state index is 0.0205. The molecule has 1 aliphatic heterocycles. The topological polar surface area (TPSA) is 108 Å². The summed E-state index contributed by atoms with van der Waals surface area (Å²) in [5.74, 6) is -0.439. The number of fused-ring (bicyclic) bond motifs is 2. The van der Waals surface area contributed by atoms with Crippen molar-refractivity contribution in [3.05, 3.63) is 76.3 Å². The van der Waals surface area contributed by atoms with Gasteiger partial charge in [0.15, 0.2) is 0 Å². The Hall–Kier alpha value is -4.65. The Morgan fingerprint density at radius 3 is 2.46 bits per heavy atom. The molecule has 3 aromatic carbocycles. The van der Waals surface area contributed by atoms with Gasteiger partial charge in [-0.15, -0.1) is 13.2 Å². The highest BCUT2D eigenvalue weighted by Crippen LogP contribution is 2.52. The molecule has 1 fully saturated rings. The third kappa shape index (κ3) is 8.38. The van der Waals surface area contributed by atoms with Crippen LogP contribution in [0.1, 0.15) is 68.7 Å². The highest BCUT2D eigenvalue weighted by Gasteiger charge is 2.48. The molecule has 1 unspecified atom stereocenters. The number of amides is 1. The van der Waals surface area contributed by atoms with Crippen LogP contribution in [0.15, 0.2) is 59.8 Å². The maximum absolute atomic E-state index is 14.9. The predicted molar refractivity (Wildman–Crippen MR) is 182 cm³/mol. The third-order valence-corrected chi connectivity index (χ3v) is 9.12. The molecule has 0 radical (unpaired) electrons. The monoisotopic (exact) mass is 717 g/mol. The second-order valence-electron chi connectivity index (χ2n) is 12.1. The van der Waals surface area contributed by atoms with E-state index >= 15 is 0 Å². The molecule has 1 saturated carbocycles. The van der Waals surface area contributed by atoms with Crippen LogP contribution in [0.4, 0.5) is 24.5 Å². The van der Waals surface area contributed by atoms with E-state index < -0.39 is 30.0 Å². The van der Waals surface area contributed by atoms with Crippen LogP contribution in [0.2, 0.25) is 5.02 Å². The van der Waals surface area contributed by atoms with Crippen molar-refractivity contribution >= 4 is 40.6 Å². The van der Waals surface area contributed by atoms with Crippen molar-refractivity contribution in [3.63, 3.8) is 0 Å². The van der Waals surface area contributed by atoms with Gasteiger partial charge in [0.05, 0.1) is 38.6 Å². The van der Waals surface area contributed by atoms with Gasteiger partial charge in [-0.1, -0.05) is 41.7 Å². The zero-order valence-corrected chi connectivity index (χ0v) is 29.0.